The highest BCUT2D eigenvalue weighted by molar-refractivity contribution is 5.96. The second-order valence-corrected chi connectivity index (χ2v) is 3.42. The van der Waals surface area contributed by atoms with E-state index in [1.807, 2.05) is 36.4 Å². The standard InChI is InChI=1S/C13H12O2/c14-13(12-4-2-1-3-5-12)7-6-11-8-9-15-10-11/h1-5,8-10H,6-7H2. The van der Waals surface area contributed by atoms with Gasteiger partial charge in [0.2, 0.25) is 0 Å². The van der Waals surface area contributed by atoms with Crippen LogP contribution in [0.2, 0.25) is 0 Å². The van der Waals surface area contributed by atoms with Crippen molar-refractivity contribution in [3.05, 3.63) is 60.1 Å². The van der Waals surface area contributed by atoms with E-state index in [9.17, 15) is 4.79 Å². The van der Waals surface area contributed by atoms with Gasteiger partial charge in [-0.05, 0) is 18.1 Å². The molecule has 2 heteroatoms. The summed E-state index contributed by atoms with van der Waals surface area (Å²) in [5.41, 5.74) is 1.85. The number of carbonyl (C=O) groups excluding carboxylic acids is 1. The molecule has 0 amide bonds. The maximum absolute atomic E-state index is 11.7. The average Bonchev–Trinajstić information content (AvgIpc) is 2.80. The summed E-state index contributed by atoms with van der Waals surface area (Å²) in [6.45, 7) is 0. The Morgan fingerprint density at radius 2 is 1.93 bits per heavy atom. The molecule has 0 saturated carbocycles. The normalized spacial score (nSPS) is 10.1. The molecule has 0 saturated heterocycles. The highest BCUT2D eigenvalue weighted by atomic mass is 16.3. The Morgan fingerprint density at radius 3 is 2.60 bits per heavy atom. The lowest BCUT2D eigenvalue weighted by Crippen LogP contribution is -2.00. The lowest BCUT2D eigenvalue weighted by Gasteiger charge is -1.98. The molecule has 0 aliphatic carbocycles. The maximum atomic E-state index is 11.7. The first-order valence-electron chi connectivity index (χ1n) is 4.95. The predicted octanol–water partition coefficient (Wildman–Crippen LogP) is 3.10. The van der Waals surface area contributed by atoms with E-state index in [1.165, 1.54) is 0 Å². The molecule has 2 aromatic rings. The lowest BCUT2D eigenvalue weighted by atomic mass is 10.0. The molecule has 15 heavy (non-hydrogen) atoms. The second-order valence-electron chi connectivity index (χ2n) is 3.42. The summed E-state index contributed by atoms with van der Waals surface area (Å²) in [6, 6.07) is 11.2. The molecule has 0 bridgehead atoms. The van der Waals surface area contributed by atoms with E-state index in [0.29, 0.717) is 6.42 Å². The molecule has 0 N–H and O–H groups in total. The van der Waals surface area contributed by atoms with E-state index in [2.05, 4.69) is 0 Å². The van der Waals surface area contributed by atoms with Crippen LogP contribution < -0.4 is 0 Å². The topological polar surface area (TPSA) is 30.2 Å². The number of carbonyl (C=O) groups is 1. The van der Waals surface area contributed by atoms with Crippen molar-refractivity contribution in [3.8, 4) is 0 Å². The van der Waals surface area contributed by atoms with E-state index in [4.69, 9.17) is 4.42 Å². The van der Waals surface area contributed by atoms with E-state index in [0.717, 1.165) is 17.5 Å². The van der Waals surface area contributed by atoms with Crippen molar-refractivity contribution in [1.82, 2.24) is 0 Å². The van der Waals surface area contributed by atoms with Gasteiger partial charge in [0.25, 0.3) is 0 Å². The SMILES string of the molecule is O=C(CCc1ccoc1)c1ccccc1. The van der Waals surface area contributed by atoms with Crippen molar-refractivity contribution in [2.75, 3.05) is 0 Å². The van der Waals surface area contributed by atoms with Crippen molar-refractivity contribution in [2.45, 2.75) is 12.8 Å². The van der Waals surface area contributed by atoms with Gasteiger partial charge in [0, 0.05) is 12.0 Å². The van der Waals surface area contributed by atoms with Crippen LogP contribution in [0.4, 0.5) is 0 Å². The van der Waals surface area contributed by atoms with E-state index >= 15 is 0 Å². The van der Waals surface area contributed by atoms with Crippen molar-refractivity contribution in [1.29, 1.82) is 0 Å². The fourth-order valence-electron chi connectivity index (χ4n) is 1.46. The molecule has 0 aliphatic rings. The first-order valence-corrected chi connectivity index (χ1v) is 4.95. The Balaban J connectivity index is 1.94. The molecule has 2 rings (SSSR count). The third-order valence-corrected chi connectivity index (χ3v) is 2.32. The number of benzene rings is 1. The highest BCUT2D eigenvalue weighted by Gasteiger charge is 2.05. The van der Waals surface area contributed by atoms with Gasteiger partial charge in [-0.2, -0.15) is 0 Å². The van der Waals surface area contributed by atoms with Gasteiger partial charge < -0.3 is 4.42 Å². The van der Waals surface area contributed by atoms with E-state index in [-0.39, 0.29) is 5.78 Å². The van der Waals surface area contributed by atoms with Crippen LogP contribution in [0.5, 0.6) is 0 Å². The fraction of sp³-hybridized carbons (Fsp3) is 0.154. The van der Waals surface area contributed by atoms with Crippen LogP contribution in [0.15, 0.2) is 53.3 Å². The van der Waals surface area contributed by atoms with Crippen LogP contribution in [-0.4, -0.2) is 5.78 Å². The highest BCUT2D eigenvalue weighted by Crippen LogP contribution is 2.08. The van der Waals surface area contributed by atoms with Crippen LogP contribution in [0, 0.1) is 0 Å². The second kappa shape index (κ2) is 4.60. The molecule has 0 radical (unpaired) electrons. The zero-order valence-electron chi connectivity index (χ0n) is 8.35. The Hall–Kier alpha value is -1.83. The summed E-state index contributed by atoms with van der Waals surface area (Å²) in [7, 11) is 0. The van der Waals surface area contributed by atoms with Gasteiger partial charge in [0.05, 0.1) is 12.5 Å². The van der Waals surface area contributed by atoms with Crippen LogP contribution in [-0.2, 0) is 6.42 Å². The lowest BCUT2D eigenvalue weighted by molar-refractivity contribution is 0.0983. The van der Waals surface area contributed by atoms with Gasteiger partial charge in [0.15, 0.2) is 5.78 Å². The molecule has 0 fully saturated rings. The van der Waals surface area contributed by atoms with Gasteiger partial charge >= 0.3 is 0 Å². The summed E-state index contributed by atoms with van der Waals surface area (Å²) in [4.78, 5) is 11.7. The number of aryl methyl sites for hydroxylation is 1. The Bertz CT molecular complexity index is 415. The smallest absolute Gasteiger partial charge is 0.163 e. The molecule has 0 aliphatic heterocycles. The third-order valence-electron chi connectivity index (χ3n) is 2.32. The Morgan fingerprint density at radius 1 is 1.13 bits per heavy atom. The number of furan rings is 1. The molecule has 0 spiro atoms. The van der Waals surface area contributed by atoms with Crippen LogP contribution >= 0.6 is 0 Å². The number of Topliss-reactive ketones (excluding diaryl/α,β-unsaturated/α-hetero) is 1. The van der Waals surface area contributed by atoms with E-state index in [1.54, 1.807) is 12.5 Å². The molecule has 0 unspecified atom stereocenters. The molecule has 1 aromatic carbocycles. The van der Waals surface area contributed by atoms with Crippen LogP contribution in [0.25, 0.3) is 0 Å². The monoisotopic (exact) mass is 200 g/mol. The first kappa shape index (κ1) is 9.71. The molecule has 1 aromatic heterocycles. The van der Waals surface area contributed by atoms with Crippen molar-refractivity contribution in [2.24, 2.45) is 0 Å². The molecule has 1 heterocycles. The van der Waals surface area contributed by atoms with Crippen LogP contribution in [0.1, 0.15) is 22.3 Å². The third kappa shape index (κ3) is 2.56. The summed E-state index contributed by atoms with van der Waals surface area (Å²) in [6.07, 6.45) is 4.58. The first-order chi connectivity index (χ1) is 7.36. The zero-order chi connectivity index (χ0) is 10.5. The summed E-state index contributed by atoms with van der Waals surface area (Å²) in [5, 5.41) is 0. The van der Waals surface area contributed by atoms with Crippen molar-refractivity contribution in [3.63, 3.8) is 0 Å². The Kier molecular flexibility index (Phi) is 2.98. The van der Waals surface area contributed by atoms with Crippen LogP contribution in [0.3, 0.4) is 0 Å². The Labute approximate surface area is 88.5 Å². The quantitative estimate of drug-likeness (QED) is 0.710. The van der Waals surface area contributed by atoms with Gasteiger partial charge in [-0.1, -0.05) is 30.3 Å². The van der Waals surface area contributed by atoms with E-state index < -0.39 is 0 Å². The minimum absolute atomic E-state index is 0.178. The van der Waals surface area contributed by atoms with Crippen molar-refractivity contribution >= 4 is 5.78 Å². The minimum atomic E-state index is 0.178. The predicted molar refractivity (Wildman–Crippen MR) is 57.8 cm³/mol. The molecule has 0 atom stereocenters. The summed E-state index contributed by atoms with van der Waals surface area (Å²) in [5.74, 6) is 0.178. The average molecular weight is 200 g/mol. The fourth-order valence-corrected chi connectivity index (χ4v) is 1.46. The van der Waals surface area contributed by atoms with Gasteiger partial charge in [0.1, 0.15) is 0 Å². The number of hydrogen-bond acceptors (Lipinski definition) is 2. The maximum Gasteiger partial charge on any atom is 0.163 e. The zero-order valence-corrected chi connectivity index (χ0v) is 8.35. The molecule has 76 valence electrons. The molecular weight excluding hydrogens is 188 g/mol. The van der Waals surface area contributed by atoms with Gasteiger partial charge in [-0.3, -0.25) is 4.79 Å². The van der Waals surface area contributed by atoms with Gasteiger partial charge in [-0.15, -0.1) is 0 Å². The minimum Gasteiger partial charge on any atom is -0.472 e. The molecular formula is C13H12O2. The summed E-state index contributed by atoms with van der Waals surface area (Å²) >= 11 is 0. The number of hydrogen-bond donors (Lipinski definition) is 0. The largest absolute Gasteiger partial charge is 0.472 e. The van der Waals surface area contributed by atoms with Crippen molar-refractivity contribution < 1.29 is 9.21 Å². The number of ketones is 1. The number of rotatable bonds is 4. The van der Waals surface area contributed by atoms with Gasteiger partial charge in [-0.25, -0.2) is 0 Å². The summed E-state index contributed by atoms with van der Waals surface area (Å²) < 4.78 is 4.94. The molecule has 2 nitrogen and oxygen atoms in total.